The van der Waals surface area contributed by atoms with Gasteiger partial charge in [0, 0.05) is 25.2 Å². The second kappa shape index (κ2) is 7.69. The zero-order valence-corrected chi connectivity index (χ0v) is 12.4. The summed E-state index contributed by atoms with van der Waals surface area (Å²) >= 11 is 0. The highest BCUT2D eigenvalue weighted by atomic mass is 16.5. The van der Waals surface area contributed by atoms with Crippen LogP contribution in [-0.4, -0.2) is 27.9 Å². The summed E-state index contributed by atoms with van der Waals surface area (Å²) in [5, 5.41) is 3.34. The van der Waals surface area contributed by atoms with Crippen LogP contribution in [0.15, 0.2) is 23.8 Å². The average molecular weight is 265 g/mol. The number of allylic oxidation sites excluding steroid dienone is 1. The quantitative estimate of drug-likeness (QED) is 0.608. The van der Waals surface area contributed by atoms with Crippen molar-refractivity contribution in [2.45, 2.75) is 20.4 Å². The van der Waals surface area contributed by atoms with Crippen molar-refractivity contribution < 1.29 is 14.2 Å². The molecular weight excluding hydrogens is 242 g/mol. The Kier molecular flexibility index (Phi) is 6.22. The third-order valence-corrected chi connectivity index (χ3v) is 2.77. The normalized spacial score (nSPS) is 9.95. The van der Waals surface area contributed by atoms with Crippen LogP contribution in [0.5, 0.6) is 17.2 Å². The molecule has 0 aliphatic heterocycles. The first-order valence-corrected chi connectivity index (χ1v) is 6.25. The topological polar surface area (TPSA) is 39.7 Å². The van der Waals surface area contributed by atoms with E-state index in [1.807, 2.05) is 12.1 Å². The number of benzene rings is 1. The van der Waals surface area contributed by atoms with Crippen molar-refractivity contribution in [2.24, 2.45) is 0 Å². The number of methoxy groups -OCH3 is 3. The number of ether oxygens (including phenoxy) is 3. The van der Waals surface area contributed by atoms with Gasteiger partial charge in [0.1, 0.15) is 17.2 Å². The molecule has 0 unspecified atom stereocenters. The lowest BCUT2D eigenvalue weighted by molar-refractivity contribution is 0.367. The van der Waals surface area contributed by atoms with Crippen molar-refractivity contribution in [3.8, 4) is 17.2 Å². The van der Waals surface area contributed by atoms with E-state index in [-0.39, 0.29) is 0 Å². The van der Waals surface area contributed by atoms with E-state index in [9.17, 15) is 0 Å². The van der Waals surface area contributed by atoms with Gasteiger partial charge in [0.2, 0.25) is 0 Å². The summed E-state index contributed by atoms with van der Waals surface area (Å²) in [6.45, 7) is 5.66. The van der Waals surface area contributed by atoms with Crippen molar-refractivity contribution in [3.05, 3.63) is 29.3 Å². The van der Waals surface area contributed by atoms with Gasteiger partial charge in [-0.25, -0.2) is 0 Å². The summed E-state index contributed by atoms with van der Waals surface area (Å²) in [5.41, 5.74) is 2.29. The molecule has 0 aromatic heterocycles. The van der Waals surface area contributed by atoms with Crippen LogP contribution in [0.4, 0.5) is 0 Å². The largest absolute Gasteiger partial charge is 0.496 e. The van der Waals surface area contributed by atoms with E-state index in [1.165, 1.54) is 5.57 Å². The first-order valence-electron chi connectivity index (χ1n) is 6.25. The molecule has 0 heterocycles. The van der Waals surface area contributed by atoms with Gasteiger partial charge in [-0.05, 0) is 13.8 Å². The molecule has 1 aromatic carbocycles. The van der Waals surface area contributed by atoms with Crippen LogP contribution in [0.25, 0.3) is 0 Å². The van der Waals surface area contributed by atoms with E-state index < -0.39 is 0 Å². The summed E-state index contributed by atoms with van der Waals surface area (Å²) in [7, 11) is 4.92. The molecule has 0 bridgehead atoms. The molecule has 0 atom stereocenters. The average Bonchev–Trinajstić information content (AvgIpc) is 2.42. The zero-order chi connectivity index (χ0) is 14.3. The Balaban J connectivity index is 2.88. The lowest BCUT2D eigenvalue weighted by Crippen LogP contribution is -2.14. The maximum atomic E-state index is 5.39. The van der Waals surface area contributed by atoms with Crippen LogP contribution < -0.4 is 19.5 Å². The second-order valence-corrected chi connectivity index (χ2v) is 4.42. The molecule has 1 rings (SSSR count). The van der Waals surface area contributed by atoms with E-state index in [4.69, 9.17) is 14.2 Å². The van der Waals surface area contributed by atoms with Gasteiger partial charge in [0.15, 0.2) is 0 Å². The second-order valence-electron chi connectivity index (χ2n) is 4.42. The van der Waals surface area contributed by atoms with Crippen LogP contribution in [0.3, 0.4) is 0 Å². The highest BCUT2D eigenvalue weighted by molar-refractivity contribution is 5.50. The zero-order valence-electron chi connectivity index (χ0n) is 12.4. The van der Waals surface area contributed by atoms with Crippen LogP contribution in [0.2, 0.25) is 0 Å². The smallest absolute Gasteiger partial charge is 0.130 e. The molecule has 19 heavy (non-hydrogen) atoms. The SMILES string of the molecule is COc1cc(OC)c(CNCC=C(C)C)c(OC)c1. The van der Waals surface area contributed by atoms with E-state index >= 15 is 0 Å². The summed E-state index contributed by atoms with van der Waals surface area (Å²) in [4.78, 5) is 0. The summed E-state index contributed by atoms with van der Waals surface area (Å²) in [5.74, 6) is 2.25. The van der Waals surface area contributed by atoms with Gasteiger partial charge in [-0.3, -0.25) is 0 Å². The fourth-order valence-corrected chi connectivity index (χ4v) is 1.73. The van der Waals surface area contributed by atoms with Crippen LogP contribution in [-0.2, 0) is 6.54 Å². The Morgan fingerprint density at radius 3 is 2.05 bits per heavy atom. The van der Waals surface area contributed by atoms with E-state index in [1.54, 1.807) is 21.3 Å². The molecule has 0 amide bonds. The van der Waals surface area contributed by atoms with Crippen LogP contribution in [0, 0.1) is 0 Å². The third kappa shape index (κ3) is 4.48. The van der Waals surface area contributed by atoms with Crippen molar-refractivity contribution in [2.75, 3.05) is 27.9 Å². The lowest BCUT2D eigenvalue weighted by atomic mass is 10.1. The minimum Gasteiger partial charge on any atom is -0.496 e. The van der Waals surface area contributed by atoms with Gasteiger partial charge in [0.25, 0.3) is 0 Å². The van der Waals surface area contributed by atoms with Crippen molar-refractivity contribution in [1.29, 1.82) is 0 Å². The molecule has 1 aromatic rings. The highest BCUT2D eigenvalue weighted by Gasteiger charge is 2.12. The summed E-state index contributed by atoms with van der Waals surface area (Å²) in [6, 6.07) is 3.72. The molecule has 4 heteroatoms. The molecule has 0 saturated carbocycles. The van der Waals surface area contributed by atoms with Gasteiger partial charge in [-0.1, -0.05) is 11.6 Å². The van der Waals surface area contributed by atoms with Gasteiger partial charge in [0.05, 0.1) is 26.9 Å². The molecule has 0 spiro atoms. The van der Waals surface area contributed by atoms with Crippen molar-refractivity contribution in [3.63, 3.8) is 0 Å². The Bertz CT molecular complexity index is 412. The first-order chi connectivity index (χ1) is 9.12. The minimum absolute atomic E-state index is 0.681. The van der Waals surface area contributed by atoms with Crippen LogP contribution in [0.1, 0.15) is 19.4 Å². The summed E-state index contributed by atoms with van der Waals surface area (Å²) < 4.78 is 16.0. The monoisotopic (exact) mass is 265 g/mol. The van der Waals surface area contributed by atoms with Crippen molar-refractivity contribution >= 4 is 0 Å². The lowest BCUT2D eigenvalue weighted by Gasteiger charge is -2.15. The Labute approximate surface area is 115 Å². The van der Waals surface area contributed by atoms with Gasteiger partial charge in [-0.2, -0.15) is 0 Å². The van der Waals surface area contributed by atoms with Crippen molar-refractivity contribution in [1.82, 2.24) is 5.32 Å². The number of rotatable bonds is 7. The Morgan fingerprint density at radius 1 is 1.05 bits per heavy atom. The molecule has 0 radical (unpaired) electrons. The van der Waals surface area contributed by atoms with Gasteiger partial charge < -0.3 is 19.5 Å². The molecule has 1 N–H and O–H groups in total. The Morgan fingerprint density at radius 2 is 1.63 bits per heavy atom. The predicted molar refractivity (Wildman–Crippen MR) is 77.2 cm³/mol. The molecule has 0 fully saturated rings. The van der Waals surface area contributed by atoms with E-state index in [0.29, 0.717) is 6.54 Å². The number of hydrogen-bond acceptors (Lipinski definition) is 4. The molecule has 4 nitrogen and oxygen atoms in total. The van der Waals surface area contributed by atoms with E-state index in [2.05, 4.69) is 25.2 Å². The standard InChI is InChI=1S/C15H23NO3/c1-11(2)6-7-16-10-13-14(18-4)8-12(17-3)9-15(13)19-5/h6,8-9,16H,7,10H2,1-5H3. The van der Waals surface area contributed by atoms with Gasteiger partial charge in [-0.15, -0.1) is 0 Å². The third-order valence-electron chi connectivity index (χ3n) is 2.77. The predicted octanol–water partition coefficient (Wildman–Crippen LogP) is 2.77. The highest BCUT2D eigenvalue weighted by Crippen LogP contribution is 2.33. The maximum Gasteiger partial charge on any atom is 0.130 e. The fourth-order valence-electron chi connectivity index (χ4n) is 1.73. The molecular formula is C15H23NO3. The number of hydrogen-bond donors (Lipinski definition) is 1. The molecule has 0 aliphatic carbocycles. The Hall–Kier alpha value is -1.68. The van der Waals surface area contributed by atoms with Crippen LogP contribution >= 0.6 is 0 Å². The molecule has 0 aliphatic rings. The minimum atomic E-state index is 0.681. The summed E-state index contributed by atoms with van der Waals surface area (Å²) in [6.07, 6.45) is 2.14. The van der Waals surface area contributed by atoms with Gasteiger partial charge >= 0.3 is 0 Å². The molecule has 106 valence electrons. The fraction of sp³-hybridized carbons (Fsp3) is 0.467. The molecule has 0 saturated heterocycles. The maximum absolute atomic E-state index is 5.39. The van der Waals surface area contributed by atoms with E-state index in [0.717, 1.165) is 29.4 Å². The number of nitrogens with one attached hydrogen (secondary N) is 1. The first kappa shape index (κ1) is 15.4.